The highest BCUT2D eigenvalue weighted by molar-refractivity contribution is 5.87. The van der Waals surface area contributed by atoms with Crippen molar-refractivity contribution >= 4 is 5.97 Å². The van der Waals surface area contributed by atoms with Gasteiger partial charge in [0.25, 0.3) is 6.29 Å². The molecule has 0 amide bonds. The summed E-state index contributed by atoms with van der Waals surface area (Å²) in [7, 11) is 0. The lowest BCUT2D eigenvalue weighted by Crippen LogP contribution is -2.34. The Kier molecular flexibility index (Phi) is 4.92. The SMILES string of the molecule is C=C(C)C(=O)OC(Oc1cccc(C)c1)C(C)O. The number of carbonyl (C=O) groups excluding carboxylic acids is 1. The molecular formula is C14H18O4. The molecule has 0 aromatic heterocycles. The standard InChI is InChI=1S/C14H18O4/c1-9(2)13(16)18-14(11(4)15)17-12-7-5-6-10(3)8-12/h5-8,11,14-15H,1H2,2-4H3. The molecule has 0 aliphatic rings. The molecule has 1 N–H and O–H groups in total. The number of esters is 1. The predicted octanol–water partition coefficient (Wildman–Crippen LogP) is 2.20. The van der Waals surface area contributed by atoms with Gasteiger partial charge in [0.1, 0.15) is 11.9 Å². The Bertz CT molecular complexity index is 437. The van der Waals surface area contributed by atoms with Crippen LogP contribution in [0.15, 0.2) is 36.4 Å². The molecule has 0 radical (unpaired) electrons. The molecule has 0 aliphatic heterocycles. The molecule has 2 atom stereocenters. The summed E-state index contributed by atoms with van der Waals surface area (Å²) in [5.74, 6) is -0.0519. The Labute approximate surface area is 107 Å². The third-order valence-corrected chi connectivity index (χ3v) is 2.21. The molecule has 0 bridgehead atoms. The number of aliphatic hydroxyl groups excluding tert-OH is 1. The first-order valence-corrected chi connectivity index (χ1v) is 5.68. The second-order valence-corrected chi connectivity index (χ2v) is 4.23. The summed E-state index contributed by atoms with van der Waals surface area (Å²) in [6.07, 6.45) is -1.98. The average Bonchev–Trinajstić information content (AvgIpc) is 2.27. The molecule has 18 heavy (non-hydrogen) atoms. The lowest BCUT2D eigenvalue weighted by Gasteiger charge is -2.21. The molecule has 98 valence electrons. The third-order valence-electron chi connectivity index (χ3n) is 2.21. The predicted molar refractivity (Wildman–Crippen MR) is 68.2 cm³/mol. The number of hydrogen-bond donors (Lipinski definition) is 1. The summed E-state index contributed by atoms with van der Waals surface area (Å²) in [5, 5.41) is 9.54. The first kappa shape index (κ1) is 14.3. The highest BCUT2D eigenvalue weighted by Gasteiger charge is 2.22. The van der Waals surface area contributed by atoms with Crippen molar-refractivity contribution in [3.63, 3.8) is 0 Å². The highest BCUT2D eigenvalue weighted by Crippen LogP contribution is 2.16. The summed E-state index contributed by atoms with van der Waals surface area (Å²) in [4.78, 5) is 11.4. The van der Waals surface area contributed by atoms with Crippen molar-refractivity contribution in [2.45, 2.75) is 33.2 Å². The van der Waals surface area contributed by atoms with Crippen molar-refractivity contribution in [2.75, 3.05) is 0 Å². The van der Waals surface area contributed by atoms with Gasteiger partial charge in [-0.15, -0.1) is 0 Å². The monoisotopic (exact) mass is 250 g/mol. The number of carbonyl (C=O) groups is 1. The Morgan fingerprint density at radius 3 is 2.61 bits per heavy atom. The highest BCUT2D eigenvalue weighted by atomic mass is 16.7. The van der Waals surface area contributed by atoms with Crippen LogP contribution in [0.1, 0.15) is 19.4 Å². The zero-order valence-electron chi connectivity index (χ0n) is 10.8. The van der Waals surface area contributed by atoms with Crippen LogP contribution in [-0.4, -0.2) is 23.5 Å². The molecule has 0 spiro atoms. The summed E-state index contributed by atoms with van der Waals surface area (Å²) < 4.78 is 10.4. The van der Waals surface area contributed by atoms with Gasteiger partial charge in [-0.1, -0.05) is 18.7 Å². The van der Waals surface area contributed by atoms with E-state index >= 15 is 0 Å². The first-order valence-electron chi connectivity index (χ1n) is 5.68. The van der Waals surface area contributed by atoms with Gasteiger partial charge in [-0.05, 0) is 38.5 Å². The molecule has 4 heteroatoms. The fourth-order valence-electron chi connectivity index (χ4n) is 1.25. The van der Waals surface area contributed by atoms with Gasteiger partial charge in [0, 0.05) is 5.57 Å². The fourth-order valence-corrected chi connectivity index (χ4v) is 1.25. The zero-order chi connectivity index (χ0) is 13.7. The molecule has 2 unspecified atom stereocenters. The lowest BCUT2D eigenvalue weighted by molar-refractivity contribution is -0.173. The smallest absolute Gasteiger partial charge is 0.336 e. The molecular weight excluding hydrogens is 232 g/mol. The molecule has 1 rings (SSSR count). The van der Waals surface area contributed by atoms with Gasteiger partial charge in [-0.2, -0.15) is 0 Å². The van der Waals surface area contributed by atoms with Crippen LogP contribution in [0, 0.1) is 6.92 Å². The molecule has 0 saturated carbocycles. The van der Waals surface area contributed by atoms with E-state index in [-0.39, 0.29) is 5.57 Å². The van der Waals surface area contributed by atoms with Crippen molar-refractivity contribution in [2.24, 2.45) is 0 Å². The zero-order valence-corrected chi connectivity index (χ0v) is 10.8. The first-order chi connectivity index (χ1) is 8.40. The Hall–Kier alpha value is -1.81. The van der Waals surface area contributed by atoms with E-state index in [9.17, 15) is 9.90 Å². The van der Waals surface area contributed by atoms with E-state index < -0.39 is 18.4 Å². The van der Waals surface area contributed by atoms with E-state index in [1.54, 1.807) is 12.1 Å². The summed E-state index contributed by atoms with van der Waals surface area (Å²) in [6, 6.07) is 7.27. The Balaban J connectivity index is 2.75. The Morgan fingerprint density at radius 1 is 1.44 bits per heavy atom. The van der Waals surface area contributed by atoms with Crippen LogP contribution < -0.4 is 4.74 Å². The van der Waals surface area contributed by atoms with Crippen LogP contribution in [0.5, 0.6) is 5.75 Å². The van der Waals surface area contributed by atoms with Gasteiger partial charge < -0.3 is 14.6 Å². The van der Waals surface area contributed by atoms with Crippen LogP contribution in [-0.2, 0) is 9.53 Å². The largest absolute Gasteiger partial charge is 0.452 e. The van der Waals surface area contributed by atoms with Gasteiger partial charge in [0.05, 0.1) is 0 Å². The van der Waals surface area contributed by atoms with Crippen LogP contribution in [0.4, 0.5) is 0 Å². The second-order valence-electron chi connectivity index (χ2n) is 4.23. The molecule has 0 aliphatic carbocycles. The second kappa shape index (κ2) is 6.21. The minimum absolute atomic E-state index is 0.258. The van der Waals surface area contributed by atoms with Crippen molar-refractivity contribution in [3.05, 3.63) is 42.0 Å². The number of rotatable bonds is 5. The fraction of sp³-hybridized carbons (Fsp3) is 0.357. The van der Waals surface area contributed by atoms with E-state index in [0.29, 0.717) is 5.75 Å². The van der Waals surface area contributed by atoms with Gasteiger partial charge >= 0.3 is 5.97 Å². The average molecular weight is 250 g/mol. The maximum Gasteiger partial charge on any atom is 0.336 e. The maximum atomic E-state index is 11.4. The van der Waals surface area contributed by atoms with Crippen LogP contribution in [0.25, 0.3) is 0 Å². The van der Waals surface area contributed by atoms with Gasteiger partial charge in [-0.25, -0.2) is 4.79 Å². The summed E-state index contributed by atoms with van der Waals surface area (Å²) in [6.45, 7) is 8.43. The number of aryl methyl sites for hydroxylation is 1. The van der Waals surface area contributed by atoms with Crippen molar-refractivity contribution in [1.82, 2.24) is 0 Å². The molecule has 1 aromatic rings. The maximum absolute atomic E-state index is 11.4. The Morgan fingerprint density at radius 2 is 2.11 bits per heavy atom. The van der Waals surface area contributed by atoms with Gasteiger partial charge in [-0.3, -0.25) is 0 Å². The third kappa shape index (κ3) is 4.22. The normalized spacial score (nSPS) is 13.6. The van der Waals surface area contributed by atoms with Gasteiger partial charge in [0.15, 0.2) is 0 Å². The topological polar surface area (TPSA) is 55.8 Å². The van der Waals surface area contributed by atoms with E-state index in [1.807, 2.05) is 19.1 Å². The molecule has 4 nitrogen and oxygen atoms in total. The minimum Gasteiger partial charge on any atom is -0.452 e. The van der Waals surface area contributed by atoms with Crippen molar-refractivity contribution < 1.29 is 19.4 Å². The van der Waals surface area contributed by atoms with E-state index in [1.165, 1.54) is 13.8 Å². The van der Waals surface area contributed by atoms with Crippen LogP contribution in [0.2, 0.25) is 0 Å². The summed E-state index contributed by atoms with van der Waals surface area (Å²) >= 11 is 0. The van der Waals surface area contributed by atoms with E-state index in [2.05, 4.69) is 6.58 Å². The van der Waals surface area contributed by atoms with Crippen molar-refractivity contribution in [1.29, 1.82) is 0 Å². The summed E-state index contributed by atoms with van der Waals surface area (Å²) in [5.41, 5.74) is 1.27. The van der Waals surface area contributed by atoms with Crippen LogP contribution in [0.3, 0.4) is 0 Å². The molecule has 0 saturated heterocycles. The molecule has 0 fully saturated rings. The number of ether oxygens (including phenoxy) is 2. The van der Waals surface area contributed by atoms with Gasteiger partial charge in [0.2, 0.25) is 0 Å². The van der Waals surface area contributed by atoms with E-state index in [0.717, 1.165) is 5.56 Å². The van der Waals surface area contributed by atoms with Crippen molar-refractivity contribution in [3.8, 4) is 5.75 Å². The number of benzene rings is 1. The number of hydrogen-bond acceptors (Lipinski definition) is 4. The lowest BCUT2D eigenvalue weighted by atomic mass is 10.2. The molecule has 0 heterocycles. The molecule has 1 aromatic carbocycles. The van der Waals surface area contributed by atoms with Crippen LogP contribution >= 0.6 is 0 Å². The number of aliphatic hydroxyl groups is 1. The minimum atomic E-state index is -1.05. The van der Waals surface area contributed by atoms with E-state index in [4.69, 9.17) is 9.47 Å². The quantitative estimate of drug-likeness (QED) is 0.494.